The summed E-state index contributed by atoms with van der Waals surface area (Å²) in [7, 11) is 10.8. The predicted molar refractivity (Wildman–Crippen MR) is 108 cm³/mol. The van der Waals surface area contributed by atoms with E-state index in [-0.39, 0.29) is 6.04 Å². The Morgan fingerprint density at radius 3 is 1.86 bits per heavy atom. The second kappa shape index (κ2) is 8.97. The number of likely N-dealkylation sites (N-methyl/N-ethyl adjacent to an activating group) is 1. The highest BCUT2D eigenvalue weighted by Crippen LogP contribution is 2.39. The number of carbonyl (C=O) groups is 1. The molecule has 0 amide bonds. The van der Waals surface area contributed by atoms with Crippen molar-refractivity contribution in [3.05, 3.63) is 53.6 Å². The Balaban J connectivity index is 2.41. The average Bonchev–Trinajstić information content (AvgIpc) is 2.69. The first kappa shape index (κ1) is 21.6. The summed E-state index contributed by atoms with van der Waals surface area (Å²) in [5.41, 5.74) is 1.29. The lowest BCUT2D eigenvalue weighted by Gasteiger charge is -2.36. The first-order valence-corrected chi connectivity index (χ1v) is 9.10. The fraction of sp³-hybridized carbons (Fsp3) is 0.409. The van der Waals surface area contributed by atoms with Crippen molar-refractivity contribution in [3.8, 4) is 17.2 Å². The molecule has 2 aromatic carbocycles. The molecule has 0 fully saturated rings. The van der Waals surface area contributed by atoms with Crippen LogP contribution in [0.25, 0.3) is 0 Å². The lowest BCUT2D eigenvalue weighted by atomic mass is 10.0. The number of carbonyl (C=O) groups excluding carboxylic acids is 1. The van der Waals surface area contributed by atoms with Crippen LogP contribution in [0.1, 0.15) is 28.9 Å². The van der Waals surface area contributed by atoms with Gasteiger partial charge < -0.3 is 23.4 Å². The van der Waals surface area contributed by atoms with Gasteiger partial charge in [0.25, 0.3) is 0 Å². The van der Waals surface area contributed by atoms with Crippen molar-refractivity contribution in [1.29, 1.82) is 0 Å². The second-order valence-electron chi connectivity index (χ2n) is 7.51. The van der Waals surface area contributed by atoms with Gasteiger partial charge >= 0.3 is 5.97 Å². The molecule has 6 nitrogen and oxygen atoms in total. The zero-order valence-corrected chi connectivity index (χ0v) is 17.7. The third-order valence-electron chi connectivity index (χ3n) is 4.92. The molecular formula is C22H30NO5+. The standard InChI is InChI=1S/C22H30NO5/c1-15(23(2,3)4)20(16-11-9-8-10-12-16)28-22(24)17-13-18(25-5)21(27-7)19(14-17)26-6/h8-15,20H,1-7H3/q+1. The van der Waals surface area contributed by atoms with E-state index in [4.69, 9.17) is 18.9 Å². The van der Waals surface area contributed by atoms with Crippen molar-refractivity contribution in [1.82, 2.24) is 0 Å². The van der Waals surface area contributed by atoms with Crippen molar-refractivity contribution < 1.29 is 28.2 Å². The molecule has 0 heterocycles. The van der Waals surface area contributed by atoms with Crippen LogP contribution in [0, 0.1) is 0 Å². The van der Waals surface area contributed by atoms with Crippen molar-refractivity contribution in [3.63, 3.8) is 0 Å². The lowest BCUT2D eigenvalue weighted by Crippen LogP contribution is -2.47. The van der Waals surface area contributed by atoms with E-state index >= 15 is 0 Å². The van der Waals surface area contributed by atoms with Crippen LogP contribution in [0.2, 0.25) is 0 Å². The van der Waals surface area contributed by atoms with Crippen LogP contribution >= 0.6 is 0 Å². The minimum Gasteiger partial charge on any atom is -0.493 e. The fourth-order valence-corrected chi connectivity index (χ4v) is 2.88. The second-order valence-corrected chi connectivity index (χ2v) is 7.51. The molecular weight excluding hydrogens is 358 g/mol. The summed E-state index contributed by atoms with van der Waals surface area (Å²) < 4.78 is 22.6. The molecule has 152 valence electrons. The van der Waals surface area contributed by atoms with Gasteiger partial charge in [-0.25, -0.2) is 4.79 Å². The summed E-state index contributed by atoms with van der Waals surface area (Å²) in [5, 5.41) is 0. The topological polar surface area (TPSA) is 54.0 Å². The Hall–Kier alpha value is -2.73. The van der Waals surface area contributed by atoms with Crippen molar-refractivity contribution in [2.24, 2.45) is 0 Å². The SMILES string of the molecule is COc1cc(C(=O)OC(c2ccccc2)C(C)[N+](C)(C)C)cc(OC)c1OC. The van der Waals surface area contributed by atoms with Gasteiger partial charge in [-0.05, 0) is 24.6 Å². The third-order valence-corrected chi connectivity index (χ3v) is 4.92. The summed E-state index contributed by atoms with van der Waals surface area (Å²) in [4.78, 5) is 13.0. The van der Waals surface area contributed by atoms with Crippen LogP contribution in [-0.4, -0.2) is 59.0 Å². The maximum absolute atomic E-state index is 13.0. The van der Waals surface area contributed by atoms with Crippen LogP contribution < -0.4 is 14.2 Å². The summed E-state index contributed by atoms with van der Waals surface area (Å²) in [6.45, 7) is 2.07. The van der Waals surface area contributed by atoms with Crippen LogP contribution in [0.5, 0.6) is 17.2 Å². The molecule has 2 aromatic rings. The van der Waals surface area contributed by atoms with E-state index in [0.29, 0.717) is 27.3 Å². The van der Waals surface area contributed by atoms with Gasteiger partial charge in [0.05, 0.1) is 48.0 Å². The van der Waals surface area contributed by atoms with E-state index in [1.165, 1.54) is 21.3 Å². The van der Waals surface area contributed by atoms with Gasteiger partial charge in [-0.1, -0.05) is 30.3 Å². The molecule has 0 radical (unpaired) electrons. The molecule has 0 aromatic heterocycles. The number of methoxy groups -OCH3 is 3. The first-order valence-electron chi connectivity index (χ1n) is 9.10. The maximum atomic E-state index is 13.0. The minimum atomic E-state index is -0.451. The molecule has 2 rings (SSSR count). The predicted octanol–water partition coefficient (Wildman–Crippen LogP) is 3.71. The summed E-state index contributed by atoms with van der Waals surface area (Å²) >= 11 is 0. The number of hydrogen-bond acceptors (Lipinski definition) is 5. The quantitative estimate of drug-likeness (QED) is 0.510. The highest BCUT2D eigenvalue weighted by Gasteiger charge is 2.33. The van der Waals surface area contributed by atoms with E-state index in [9.17, 15) is 4.79 Å². The van der Waals surface area contributed by atoms with Gasteiger partial charge in [-0.15, -0.1) is 0 Å². The van der Waals surface area contributed by atoms with E-state index in [0.717, 1.165) is 5.56 Å². The number of esters is 1. The first-order chi connectivity index (χ1) is 13.2. The normalized spacial score (nSPS) is 13.4. The molecule has 0 saturated carbocycles. The van der Waals surface area contributed by atoms with Crippen molar-refractivity contribution in [2.45, 2.75) is 19.1 Å². The summed E-state index contributed by atoms with van der Waals surface area (Å²) in [6, 6.07) is 13.0. The third kappa shape index (κ3) is 4.75. The average molecular weight is 388 g/mol. The zero-order valence-electron chi connectivity index (χ0n) is 17.7. The highest BCUT2D eigenvalue weighted by molar-refractivity contribution is 5.91. The van der Waals surface area contributed by atoms with Gasteiger partial charge in [0.2, 0.25) is 5.75 Å². The fourth-order valence-electron chi connectivity index (χ4n) is 2.88. The Labute approximate surface area is 167 Å². The maximum Gasteiger partial charge on any atom is 0.339 e. The van der Waals surface area contributed by atoms with Crippen molar-refractivity contribution in [2.75, 3.05) is 42.5 Å². The Kier molecular flexibility index (Phi) is 6.91. The number of rotatable bonds is 8. The van der Waals surface area contributed by atoms with Crippen LogP contribution in [0.4, 0.5) is 0 Å². The molecule has 0 aliphatic rings. The lowest BCUT2D eigenvalue weighted by molar-refractivity contribution is -0.898. The number of hydrogen-bond donors (Lipinski definition) is 0. The van der Waals surface area contributed by atoms with Gasteiger partial charge in [-0.2, -0.15) is 0 Å². The number of benzene rings is 2. The summed E-state index contributed by atoms with van der Waals surface area (Å²) in [6.07, 6.45) is -0.409. The molecule has 0 bridgehead atoms. The molecule has 0 aliphatic carbocycles. The molecule has 28 heavy (non-hydrogen) atoms. The van der Waals surface area contributed by atoms with E-state index in [1.807, 2.05) is 30.3 Å². The minimum absolute atomic E-state index is 0.0355. The van der Waals surface area contributed by atoms with Gasteiger partial charge in [-0.3, -0.25) is 0 Å². The largest absolute Gasteiger partial charge is 0.493 e. The Morgan fingerprint density at radius 1 is 0.893 bits per heavy atom. The van der Waals surface area contributed by atoms with Gasteiger partial charge in [0.1, 0.15) is 6.04 Å². The molecule has 2 atom stereocenters. The number of ether oxygens (including phenoxy) is 4. The molecule has 2 unspecified atom stereocenters. The van der Waals surface area contributed by atoms with Crippen LogP contribution in [0.15, 0.2) is 42.5 Å². The van der Waals surface area contributed by atoms with E-state index < -0.39 is 12.1 Å². The van der Waals surface area contributed by atoms with Gasteiger partial charge in [0.15, 0.2) is 17.6 Å². The number of quaternary nitrogens is 1. The van der Waals surface area contributed by atoms with E-state index in [2.05, 4.69) is 28.1 Å². The zero-order chi connectivity index (χ0) is 20.9. The summed E-state index contributed by atoms with van der Waals surface area (Å²) in [5.74, 6) is 0.795. The highest BCUT2D eigenvalue weighted by atomic mass is 16.5. The smallest absolute Gasteiger partial charge is 0.339 e. The van der Waals surface area contributed by atoms with Crippen LogP contribution in [0.3, 0.4) is 0 Å². The molecule has 6 heteroatoms. The monoisotopic (exact) mass is 388 g/mol. The molecule has 0 aliphatic heterocycles. The van der Waals surface area contributed by atoms with Crippen molar-refractivity contribution >= 4 is 5.97 Å². The number of nitrogens with zero attached hydrogens (tertiary/aromatic N) is 1. The Bertz CT molecular complexity index is 773. The van der Waals surface area contributed by atoms with Crippen LogP contribution in [-0.2, 0) is 4.74 Å². The molecule has 0 spiro atoms. The molecule has 0 saturated heterocycles. The van der Waals surface area contributed by atoms with E-state index in [1.54, 1.807) is 12.1 Å². The molecule has 0 N–H and O–H groups in total. The Morgan fingerprint density at radius 2 is 1.43 bits per heavy atom. The van der Waals surface area contributed by atoms with Gasteiger partial charge in [0, 0.05) is 0 Å².